The largest absolute Gasteiger partial charge is 0.383 e. The van der Waals surface area contributed by atoms with Crippen molar-refractivity contribution in [2.45, 2.75) is 13.0 Å². The molecule has 0 aliphatic carbocycles. The van der Waals surface area contributed by atoms with Crippen LogP contribution in [0.1, 0.15) is 18.5 Å². The van der Waals surface area contributed by atoms with Crippen LogP contribution in [0.4, 0.5) is 4.39 Å². The molecule has 0 radical (unpaired) electrons. The van der Waals surface area contributed by atoms with Crippen LogP contribution in [0.15, 0.2) is 24.3 Å². The molecule has 0 spiro atoms. The lowest BCUT2D eigenvalue weighted by molar-refractivity contribution is -0.136. The van der Waals surface area contributed by atoms with Crippen molar-refractivity contribution in [3.8, 4) is 0 Å². The van der Waals surface area contributed by atoms with E-state index in [9.17, 15) is 9.18 Å². The molecule has 0 saturated carbocycles. The highest BCUT2D eigenvalue weighted by Crippen LogP contribution is 2.21. The Morgan fingerprint density at radius 2 is 2.10 bits per heavy atom. The molecule has 0 heterocycles. The van der Waals surface area contributed by atoms with Crippen LogP contribution in [0, 0.1) is 5.82 Å². The first-order valence-corrected chi connectivity index (χ1v) is 6.70. The first-order chi connectivity index (χ1) is 9.51. The molecule has 1 amide bonds. The second kappa shape index (κ2) is 7.97. The number of rotatable bonds is 7. The summed E-state index contributed by atoms with van der Waals surface area (Å²) in [4.78, 5) is 16.2. The van der Waals surface area contributed by atoms with Crippen molar-refractivity contribution in [3.05, 3.63) is 35.6 Å². The fourth-order valence-corrected chi connectivity index (χ4v) is 2.14. The summed E-state index contributed by atoms with van der Waals surface area (Å²) in [6.07, 6.45) is 0. The van der Waals surface area contributed by atoms with Gasteiger partial charge < -0.3 is 9.64 Å². The van der Waals surface area contributed by atoms with Crippen LogP contribution in [0.25, 0.3) is 0 Å². The van der Waals surface area contributed by atoms with Gasteiger partial charge in [0.25, 0.3) is 0 Å². The number of ether oxygens (including phenoxy) is 1. The Kier molecular flexibility index (Phi) is 6.61. The van der Waals surface area contributed by atoms with E-state index in [0.717, 1.165) is 0 Å². The molecule has 112 valence electrons. The van der Waals surface area contributed by atoms with Gasteiger partial charge in [0.2, 0.25) is 5.91 Å². The fourth-order valence-electron chi connectivity index (χ4n) is 2.14. The van der Waals surface area contributed by atoms with Crippen molar-refractivity contribution < 1.29 is 13.9 Å². The maximum atomic E-state index is 13.4. The molecular weight excluding hydrogens is 259 g/mol. The fraction of sp³-hybridized carbons (Fsp3) is 0.533. The van der Waals surface area contributed by atoms with E-state index in [1.54, 1.807) is 29.0 Å². The third-order valence-electron chi connectivity index (χ3n) is 3.17. The Bertz CT molecular complexity index is 438. The quantitative estimate of drug-likeness (QED) is 0.766. The van der Waals surface area contributed by atoms with Gasteiger partial charge in [-0.15, -0.1) is 0 Å². The molecule has 1 rings (SSSR count). The second-order valence-electron chi connectivity index (χ2n) is 4.83. The molecule has 0 aromatic heterocycles. The van der Waals surface area contributed by atoms with Gasteiger partial charge in [-0.3, -0.25) is 9.69 Å². The van der Waals surface area contributed by atoms with Crippen molar-refractivity contribution in [2.24, 2.45) is 0 Å². The minimum atomic E-state index is -0.484. The number of likely N-dealkylation sites (N-methyl/N-ethyl adjacent to an activating group) is 2. The molecule has 1 atom stereocenters. The molecule has 1 aromatic carbocycles. The Morgan fingerprint density at radius 1 is 1.40 bits per heavy atom. The van der Waals surface area contributed by atoms with Crippen LogP contribution in [0.3, 0.4) is 0 Å². The highest BCUT2D eigenvalue weighted by molar-refractivity contribution is 5.83. The lowest BCUT2D eigenvalue weighted by Crippen LogP contribution is -2.42. The van der Waals surface area contributed by atoms with Gasteiger partial charge in [0.15, 0.2) is 0 Å². The molecule has 0 fully saturated rings. The number of carbonyl (C=O) groups is 1. The van der Waals surface area contributed by atoms with E-state index >= 15 is 0 Å². The molecule has 0 saturated heterocycles. The molecule has 0 aliphatic rings. The van der Waals surface area contributed by atoms with Crippen LogP contribution in [0.2, 0.25) is 0 Å². The van der Waals surface area contributed by atoms with Gasteiger partial charge in [0.1, 0.15) is 11.9 Å². The van der Waals surface area contributed by atoms with Crippen LogP contribution >= 0.6 is 0 Å². The first kappa shape index (κ1) is 16.6. The normalized spacial score (nSPS) is 12.5. The summed E-state index contributed by atoms with van der Waals surface area (Å²) < 4.78 is 18.4. The van der Waals surface area contributed by atoms with Crippen molar-refractivity contribution in [1.29, 1.82) is 0 Å². The van der Waals surface area contributed by atoms with Crippen molar-refractivity contribution >= 4 is 5.91 Å². The van der Waals surface area contributed by atoms with Gasteiger partial charge in [0, 0.05) is 20.2 Å². The lowest BCUT2D eigenvalue weighted by atomic mass is 10.0. The van der Waals surface area contributed by atoms with Crippen molar-refractivity contribution in [1.82, 2.24) is 9.80 Å². The van der Waals surface area contributed by atoms with Crippen molar-refractivity contribution in [3.63, 3.8) is 0 Å². The molecule has 4 nitrogen and oxygen atoms in total. The van der Waals surface area contributed by atoms with E-state index in [1.165, 1.54) is 12.1 Å². The van der Waals surface area contributed by atoms with Gasteiger partial charge in [0.05, 0.1) is 6.61 Å². The zero-order valence-electron chi connectivity index (χ0n) is 12.6. The molecule has 0 bridgehead atoms. The summed E-state index contributed by atoms with van der Waals surface area (Å²) in [7, 11) is 5.24. The summed E-state index contributed by atoms with van der Waals surface area (Å²) in [5, 5.41) is 0. The highest BCUT2D eigenvalue weighted by Gasteiger charge is 2.27. The first-order valence-electron chi connectivity index (χ1n) is 6.70. The Balaban J connectivity index is 2.98. The lowest BCUT2D eigenvalue weighted by Gasteiger charge is -2.30. The van der Waals surface area contributed by atoms with Gasteiger partial charge in [-0.2, -0.15) is 0 Å². The van der Waals surface area contributed by atoms with E-state index in [4.69, 9.17) is 4.74 Å². The third kappa shape index (κ3) is 4.28. The van der Waals surface area contributed by atoms with Crippen LogP contribution in [-0.4, -0.2) is 56.6 Å². The third-order valence-corrected chi connectivity index (χ3v) is 3.17. The number of hydrogen-bond donors (Lipinski definition) is 0. The van der Waals surface area contributed by atoms with Gasteiger partial charge in [-0.25, -0.2) is 4.39 Å². The zero-order valence-corrected chi connectivity index (χ0v) is 12.6. The number of carbonyl (C=O) groups excluding carboxylic acids is 1. The number of amides is 1. The van der Waals surface area contributed by atoms with Crippen LogP contribution in [-0.2, 0) is 9.53 Å². The average Bonchev–Trinajstić information content (AvgIpc) is 2.39. The second-order valence-corrected chi connectivity index (χ2v) is 4.83. The SMILES string of the molecule is CCN(CCOC)C(=O)C(c1cccc(F)c1)N(C)C. The predicted octanol–water partition coefficient (Wildman–Crippen LogP) is 1.92. The standard InChI is InChI=1S/C15H23FN2O2/c1-5-18(9-10-20-4)15(19)14(17(2)3)12-7-6-8-13(16)11-12/h6-8,11,14H,5,9-10H2,1-4H3. The van der Waals surface area contributed by atoms with Gasteiger partial charge in [-0.05, 0) is 38.7 Å². The van der Waals surface area contributed by atoms with E-state index in [1.807, 2.05) is 21.0 Å². The smallest absolute Gasteiger partial charge is 0.244 e. The monoisotopic (exact) mass is 282 g/mol. The number of methoxy groups -OCH3 is 1. The molecule has 0 N–H and O–H groups in total. The Hall–Kier alpha value is -1.46. The van der Waals surface area contributed by atoms with E-state index in [0.29, 0.717) is 25.3 Å². The summed E-state index contributed by atoms with van der Waals surface area (Å²) in [5.74, 6) is -0.373. The van der Waals surface area contributed by atoms with Crippen LogP contribution < -0.4 is 0 Å². The molecule has 1 unspecified atom stereocenters. The van der Waals surface area contributed by atoms with Crippen molar-refractivity contribution in [2.75, 3.05) is 40.9 Å². The molecule has 1 aromatic rings. The Labute approximate surface area is 120 Å². The average molecular weight is 282 g/mol. The summed E-state index contributed by atoms with van der Waals surface area (Å²) in [5.41, 5.74) is 0.663. The van der Waals surface area contributed by atoms with Crippen LogP contribution in [0.5, 0.6) is 0 Å². The van der Waals surface area contributed by atoms with Gasteiger partial charge in [-0.1, -0.05) is 12.1 Å². The number of nitrogens with zero attached hydrogens (tertiary/aromatic N) is 2. The molecular formula is C15H23FN2O2. The van der Waals surface area contributed by atoms with E-state index < -0.39 is 6.04 Å². The van der Waals surface area contributed by atoms with E-state index in [-0.39, 0.29) is 11.7 Å². The highest BCUT2D eigenvalue weighted by atomic mass is 19.1. The summed E-state index contributed by atoms with van der Waals surface area (Å²) in [6, 6.07) is 5.70. The summed E-state index contributed by atoms with van der Waals surface area (Å²) in [6.45, 7) is 3.54. The topological polar surface area (TPSA) is 32.8 Å². The number of hydrogen-bond acceptors (Lipinski definition) is 3. The maximum Gasteiger partial charge on any atom is 0.244 e. The minimum absolute atomic E-state index is 0.0415. The number of halogens is 1. The maximum absolute atomic E-state index is 13.4. The van der Waals surface area contributed by atoms with E-state index in [2.05, 4.69) is 0 Å². The summed E-state index contributed by atoms with van der Waals surface area (Å²) >= 11 is 0. The number of benzene rings is 1. The zero-order chi connectivity index (χ0) is 15.1. The molecule has 0 aliphatic heterocycles. The molecule has 20 heavy (non-hydrogen) atoms. The predicted molar refractivity (Wildman–Crippen MR) is 77.0 cm³/mol. The van der Waals surface area contributed by atoms with Gasteiger partial charge >= 0.3 is 0 Å². The molecule has 5 heteroatoms. The Morgan fingerprint density at radius 3 is 2.60 bits per heavy atom. The minimum Gasteiger partial charge on any atom is -0.383 e.